The van der Waals surface area contributed by atoms with E-state index in [1.807, 2.05) is 0 Å². The van der Waals surface area contributed by atoms with Crippen LogP contribution in [0.4, 0.5) is 4.39 Å². The lowest BCUT2D eigenvalue weighted by Gasteiger charge is -2.15. The quantitative estimate of drug-likeness (QED) is 0.715. The van der Waals surface area contributed by atoms with Crippen LogP contribution in [0.5, 0.6) is 5.75 Å². The van der Waals surface area contributed by atoms with Crippen molar-refractivity contribution in [2.24, 2.45) is 5.92 Å². The molecule has 1 aromatic rings. The Labute approximate surface area is 117 Å². The monoisotopic (exact) mass is 314 g/mol. The van der Waals surface area contributed by atoms with Crippen LogP contribution in [0.1, 0.15) is 38.7 Å². The molecule has 1 aromatic carbocycles. The molecule has 0 radical (unpaired) electrons. The average molecular weight is 315 g/mol. The Kier molecular flexibility index (Phi) is 4.66. The van der Waals surface area contributed by atoms with Gasteiger partial charge in [-0.05, 0) is 43.4 Å². The van der Waals surface area contributed by atoms with Crippen LogP contribution in [-0.4, -0.2) is 10.9 Å². The average Bonchev–Trinajstić information content (AvgIpc) is 2.67. The van der Waals surface area contributed by atoms with Crippen molar-refractivity contribution in [3.8, 4) is 5.75 Å². The highest BCUT2D eigenvalue weighted by Crippen LogP contribution is 2.32. The first kappa shape index (κ1) is 13.9. The van der Waals surface area contributed by atoms with Crippen molar-refractivity contribution in [1.82, 2.24) is 0 Å². The SMILES string of the molecule is CC(C)CC(Br)CCC1Cc2cc(F)ccc2O1. The predicted molar refractivity (Wildman–Crippen MR) is 75.9 cm³/mol. The number of rotatable bonds is 5. The maximum Gasteiger partial charge on any atom is 0.123 e. The molecule has 18 heavy (non-hydrogen) atoms. The molecule has 0 amide bonds. The van der Waals surface area contributed by atoms with Gasteiger partial charge < -0.3 is 4.74 Å². The molecule has 1 aliphatic heterocycles. The van der Waals surface area contributed by atoms with Crippen LogP contribution in [0, 0.1) is 11.7 Å². The predicted octanol–water partition coefficient (Wildman–Crippen LogP) is 4.72. The maximum atomic E-state index is 13.1. The van der Waals surface area contributed by atoms with Crippen LogP contribution < -0.4 is 4.74 Å². The molecule has 1 nitrogen and oxygen atoms in total. The number of ether oxygens (including phenoxy) is 1. The highest BCUT2D eigenvalue weighted by atomic mass is 79.9. The van der Waals surface area contributed by atoms with Crippen molar-refractivity contribution in [2.45, 2.75) is 50.5 Å². The van der Waals surface area contributed by atoms with E-state index in [9.17, 15) is 4.39 Å². The van der Waals surface area contributed by atoms with Crippen molar-refractivity contribution < 1.29 is 9.13 Å². The van der Waals surface area contributed by atoms with E-state index >= 15 is 0 Å². The van der Waals surface area contributed by atoms with Gasteiger partial charge in [-0.2, -0.15) is 0 Å². The van der Waals surface area contributed by atoms with Gasteiger partial charge >= 0.3 is 0 Å². The number of fused-ring (bicyclic) bond motifs is 1. The van der Waals surface area contributed by atoms with Crippen LogP contribution in [0.2, 0.25) is 0 Å². The van der Waals surface area contributed by atoms with Crippen molar-refractivity contribution in [3.63, 3.8) is 0 Å². The summed E-state index contributed by atoms with van der Waals surface area (Å²) in [5.41, 5.74) is 1.01. The third-order valence-corrected chi connectivity index (χ3v) is 4.12. The fraction of sp³-hybridized carbons (Fsp3) is 0.600. The van der Waals surface area contributed by atoms with E-state index in [1.54, 1.807) is 12.1 Å². The van der Waals surface area contributed by atoms with E-state index < -0.39 is 0 Å². The first-order chi connectivity index (χ1) is 8.54. The second-order valence-electron chi connectivity index (χ2n) is 5.50. The summed E-state index contributed by atoms with van der Waals surface area (Å²) in [6.07, 6.45) is 4.38. The highest BCUT2D eigenvalue weighted by molar-refractivity contribution is 9.09. The zero-order valence-electron chi connectivity index (χ0n) is 11.0. The number of halogens is 2. The lowest BCUT2D eigenvalue weighted by molar-refractivity contribution is 0.216. The Morgan fingerprint density at radius 1 is 1.44 bits per heavy atom. The molecule has 100 valence electrons. The lowest BCUT2D eigenvalue weighted by atomic mass is 10.0. The van der Waals surface area contributed by atoms with Crippen molar-refractivity contribution in [2.75, 3.05) is 0 Å². The van der Waals surface area contributed by atoms with Crippen LogP contribution in [0.15, 0.2) is 18.2 Å². The van der Waals surface area contributed by atoms with Gasteiger partial charge in [-0.15, -0.1) is 0 Å². The first-order valence-corrected chi connectivity index (χ1v) is 7.55. The summed E-state index contributed by atoms with van der Waals surface area (Å²) < 4.78 is 18.9. The molecule has 3 heteroatoms. The Hall–Kier alpha value is -0.570. The molecule has 2 rings (SSSR count). The Balaban J connectivity index is 1.81. The van der Waals surface area contributed by atoms with E-state index in [0.717, 1.165) is 30.6 Å². The molecule has 0 spiro atoms. The normalized spacial score (nSPS) is 19.7. The highest BCUT2D eigenvalue weighted by Gasteiger charge is 2.23. The number of benzene rings is 1. The first-order valence-electron chi connectivity index (χ1n) is 6.63. The standard InChI is InChI=1S/C15H20BrFO/c1-10(2)7-12(16)3-5-14-9-11-8-13(17)4-6-15(11)18-14/h4,6,8,10,12,14H,3,5,7,9H2,1-2H3. The second-order valence-corrected chi connectivity index (χ2v) is 6.80. The minimum absolute atomic E-state index is 0.170. The number of hydrogen-bond donors (Lipinski definition) is 0. The molecule has 2 unspecified atom stereocenters. The fourth-order valence-corrected chi connectivity index (χ4v) is 3.46. The van der Waals surface area contributed by atoms with Crippen LogP contribution in [0.3, 0.4) is 0 Å². The van der Waals surface area contributed by atoms with Crippen molar-refractivity contribution in [3.05, 3.63) is 29.6 Å². The molecule has 0 N–H and O–H groups in total. The largest absolute Gasteiger partial charge is 0.490 e. The molecule has 0 saturated heterocycles. The van der Waals surface area contributed by atoms with Gasteiger partial charge in [0.15, 0.2) is 0 Å². The van der Waals surface area contributed by atoms with Gasteiger partial charge in [0.05, 0.1) is 0 Å². The molecule has 0 aliphatic carbocycles. The minimum atomic E-state index is -0.170. The van der Waals surface area contributed by atoms with Gasteiger partial charge in [-0.25, -0.2) is 4.39 Å². The fourth-order valence-electron chi connectivity index (χ4n) is 2.45. The third kappa shape index (κ3) is 3.71. The molecule has 0 bridgehead atoms. The molecule has 0 aromatic heterocycles. The van der Waals surface area contributed by atoms with Crippen LogP contribution in [-0.2, 0) is 6.42 Å². The lowest BCUT2D eigenvalue weighted by Crippen LogP contribution is -2.15. The van der Waals surface area contributed by atoms with Crippen LogP contribution >= 0.6 is 15.9 Å². The number of alkyl halides is 1. The smallest absolute Gasteiger partial charge is 0.123 e. The van der Waals surface area contributed by atoms with Crippen molar-refractivity contribution >= 4 is 15.9 Å². The van der Waals surface area contributed by atoms with Crippen LogP contribution in [0.25, 0.3) is 0 Å². The van der Waals surface area contributed by atoms with E-state index in [0.29, 0.717) is 10.7 Å². The summed E-state index contributed by atoms with van der Waals surface area (Å²) in [5.74, 6) is 1.40. The molecule has 1 heterocycles. The summed E-state index contributed by atoms with van der Waals surface area (Å²) in [6, 6.07) is 4.80. The summed E-state index contributed by atoms with van der Waals surface area (Å²) in [7, 11) is 0. The van der Waals surface area contributed by atoms with Gasteiger partial charge in [-0.1, -0.05) is 29.8 Å². The summed E-state index contributed by atoms with van der Waals surface area (Å²) >= 11 is 3.72. The van der Waals surface area contributed by atoms with E-state index in [4.69, 9.17) is 4.74 Å². The second kappa shape index (κ2) is 6.05. The Morgan fingerprint density at radius 2 is 2.22 bits per heavy atom. The molecular formula is C15H20BrFO. The molecule has 0 saturated carbocycles. The Bertz CT molecular complexity index is 405. The van der Waals surface area contributed by atoms with E-state index in [1.165, 1.54) is 12.5 Å². The van der Waals surface area contributed by atoms with E-state index in [2.05, 4.69) is 29.8 Å². The molecular weight excluding hydrogens is 295 g/mol. The Morgan fingerprint density at radius 3 is 2.94 bits per heavy atom. The van der Waals surface area contributed by atoms with E-state index in [-0.39, 0.29) is 11.9 Å². The summed E-state index contributed by atoms with van der Waals surface area (Å²) in [5, 5.41) is 0. The third-order valence-electron chi connectivity index (χ3n) is 3.29. The summed E-state index contributed by atoms with van der Waals surface area (Å²) in [4.78, 5) is 0.557. The van der Waals surface area contributed by atoms with Gasteiger partial charge in [0.2, 0.25) is 0 Å². The zero-order chi connectivity index (χ0) is 13.1. The molecule has 1 aliphatic rings. The minimum Gasteiger partial charge on any atom is -0.490 e. The zero-order valence-corrected chi connectivity index (χ0v) is 12.5. The molecule has 0 fully saturated rings. The van der Waals surface area contributed by atoms with Gasteiger partial charge in [-0.3, -0.25) is 0 Å². The molecule has 2 atom stereocenters. The number of hydrogen-bond acceptors (Lipinski definition) is 1. The van der Waals surface area contributed by atoms with Gasteiger partial charge in [0, 0.05) is 16.8 Å². The van der Waals surface area contributed by atoms with Gasteiger partial charge in [0.1, 0.15) is 17.7 Å². The van der Waals surface area contributed by atoms with Crippen molar-refractivity contribution in [1.29, 1.82) is 0 Å². The van der Waals surface area contributed by atoms with Gasteiger partial charge in [0.25, 0.3) is 0 Å². The topological polar surface area (TPSA) is 9.23 Å². The maximum absolute atomic E-state index is 13.1. The summed E-state index contributed by atoms with van der Waals surface area (Å²) in [6.45, 7) is 4.47.